The lowest BCUT2D eigenvalue weighted by Gasteiger charge is -2.08. The fourth-order valence-corrected chi connectivity index (χ4v) is 3.50. The molecule has 0 radical (unpaired) electrons. The van der Waals surface area contributed by atoms with Crippen LogP contribution in [0.25, 0.3) is 22.6 Å². The molecule has 162 valence electrons. The number of hydrogen-bond acceptors (Lipinski definition) is 4. The molecule has 0 saturated carbocycles. The van der Waals surface area contributed by atoms with Crippen molar-refractivity contribution in [3.63, 3.8) is 0 Å². The van der Waals surface area contributed by atoms with E-state index in [0.29, 0.717) is 46.9 Å². The third-order valence-corrected chi connectivity index (χ3v) is 4.96. The van der Waals surface area contributed by atoms with Crippen molar-refractivity contribution in [3.05, 3.63) is 64.0 Å². The lowest BCUT2D eigenvalue weighted by molar-refractivity contribution is -0.137. The molecule has 10 heteroatoms. The van der Waals surface area contributed by atoms with E-state index in [1.165, 1.54) is 10.7 Å². The highest BCUT2D eigenvalue weighted by Crippen LogP contribution is 2.29. The van der Waals surface area contributed by atoms with Crippen LogP contribution < -0.4 is 5.56 Å². The Morgan fingerprint density at radius 2 is 1.97 bits per heavy atom. The number of rotatable bonds is 6. The van der Waals surface area contributed by atoms with Crippen LogP contribution in [0.4, 0.5) is 13.2 Å². The highest BCUT2D eigenvalue weighted by Gasteiger charge is 2.30. The van der Waals surface area contributed by atoms with Gasteiger partial charge in [0.15, 0.2) is 11.2 Å². The zero-order chi connectivity index (χ0) is 22.2. The molecule has 0 aliphatic heterocycles. The van der Waals surface area contributed by atoms with Gasteiger partial charge in [-0.1, -0.05) is 26.0 Å². The molecule has 0 aliphatic carbocycles. The standard InChI is InChI=1S/C21H21F3N6O/c1-3-8-30-16(4-2)26-19-17(20(30)31)27-18(28-19)14-10-25-29(12-14)11-13-6-5-7-15(9-13)21(22,23)24/h5-7,9-10,12H,3-4,8,11H2,1-2H3,(H,27,28). The zero-order valence-corrected chi connectivity index (χ0v) is 17.1. The van der Waals surface area contributed by atoms with Gasteiger partial charge in [0.05, 0.1) is 23.9 Å². The minimum Gasteiger partial charge on any atom is -0.332 e. The van der Waals surface area contributed by atoms with Gasteiger partial charge in [-0.25, -0.2) is 9.97 Å². The second-order valence-corrected chi connectivity index (χ2v) is 7.25. The van der Waals surface area contributed by atoms with Crippen LogP contribution in [0.15, 0.2) is 41.5 Å². The Kier molecular flexibility index (Phi) is 5.38. The molecule has 0 atom stereocenters. The smallest absolute Gasteiger partial charge is 0.332 e. The van der Waals surface area contributed by atoms with Gasteiger partial charge in [0.25, 0.3) is 5.56 Å². The van der Waals surface area contributed by atoms with Crippen molar-refractivity contribution in [2.45, 2.75) is 46.0 Å². The van der Waals surface area contributed by atoms with Crippen LogP contribution in [0.1, 0.15) is 37.2 Å². The predicted molar refractivity (Wildman–Crippen MR) is 110 cm³/mol. The largest absolute Gasteiger partial charge is 0.416 e. The summed E-state index contributed by atoms with van der Waals surface area (Å²) in [7, 11) is 0. The molecule has 0 unspecified atom stereocenters. The van der Waals surface area contributed by atoms with E-state index in [1.807, 2.05) is 13.8 Å². The van der Waals surface area contributed by atoms with Crippen LogP contribution in [0.2, 0.25) is 0 Å². The van der Waals surface area contributed by atoms with Crippen molar-refractivity contribution in [1.82, 2.24) is 29.3 Å². The van der Waals surface area contributed by atoms with Crippen molar-refractivity contribution in [3.8, 4) is 11.4 Å². The molecule has 31 heavy (non-hydrogen) atoms. The second-order valence-electron chi connectivity index (χ2n) is 7.25. The first-order valence-electron chi connectivity index (χ1n) is 9.98. The van der Waals surface area contributed by atoms with E-state index in [9.17, 15) is 18.0 Å². The number of aromatic nitrogens is 6. The van der Waals surface area contributed by atoms with Gasteiger partial charge in [-0.15, -0.1) is 0 Å². The number of nitrogens with one attached hydrogen (secondary N) is 1. The molecule has 0 saturated heterocycles. The lowest BCUT2D eigenvalue weighted by Crippen LogP contribution is -2.25. The maximum Gasteiger partial charge on any atom is 0.416 e. The zero-order valence-electron chi connectivity index (χ0n) is 17.1. The SMILES string of the molecule is CCCn1c(CC)nc2nc(-c3cnn(Cc4cccc(C(F)(F)F)c4)c3)[nH]c2c1=O. The highest BCUT2D eigenvalue weighted by atomic mass is 19.4. The topological polar surface area (TPSA) is 81.4 Å². The van der Waals surface area contributed by atoms with Gasteiger partial charge in [0, 0.05) is 19.2 Å². The van der Waals surface area contributed by atoms with Gasteiger partial charge >= 0.3 is 6.18 Å². The Balaban J connectivity index is 1.65. The number of alkyl halides is 3. The van der Waals surface area contributed by atoms with Gasteiger partial charge in [0.2, 0.25) is 0 Å². The van der Waals surface area contributed by atoms with Gasteiger partial charge in [-0.05, 0) is 24.1 Å². The number of nitrogens with zero attached hydrogens (tertiary/aromatic N) is 5. The van der Waals surface area contributed by atoms with Gasteiger partial charge in [0.1, 0.15) is 11.6 Å². The van der Waals surface area contributed by atoms with Crippen molar-refractivity contribution in [2.24, 2.45) is 0 Å². The molecule has 3 heterocycles. The highest BCUT2D eigenvalue weighted by molar-refractivity contribution is 5.74. The number of H-pyrrole nitrogens is 1. The van der Waals surface area contributed by atoms with E-state index in [2.05, 4.69) is 20.1 Å². The molecular weight excluding hydrogens is 409 g/mol. The lowest BCUT2D eigenvalue weighted by atomic mass is 10.1. The summed E-state index contributed by atoms with van der Waals surface area (Å²) in [5, 5.41) is 4.22. The molecule has 0 aliphatic rings. The van der Waals surface area contributed by atoms with Crippen molar-refractivity contribution in [2.75, 3.05) is 0 Å². The maximum atomic E-state index is 12.9. The third-order valence-electron chi connectivity index (χ3n) is 4.96. The van der Waals surface area contributed by atoms with Gasteiger partial charge < -0.3 is 4.98 Å². The van der Waals surface area contributed by atoms with Crippen LogP contribution in [0, 0.1) is 0 Å². The molecule has 7 nitrogen and oxygen atoms in total. The number of aromatic amines is 1. The first kappa shape index (κ1) is 20.8. The Morgan fingerprint density at radius 1 is 1.16 bits per heavy atom. The molecule has 0 fully saturated rings. The first-order chi connectivity index (χ1) is 14.8. The summed E-state index contributed by atoms with van der Waals surface area (Å²) in [6, 6.07) is 5.13. The predicted octanol–water partition coefficient (Wildman–Crippen LogP) is 4.02. The molecule has 1 aromatic carbocycles. The van der Waals surface area contributed by atoms with Crippen LogP contribution in [-0.2, 0) is 25.7 Å². The summed E-state index contributed by atoms with van der Waals surface area (Å²) in [6.45, 7) is 4.68. The average molecular weight is 430 g/mol. The molecule has 4 aromatic rings. The third kappa shape index (κ3) is 4.10. The van der Waals surface area contributed by atoms with E-state index in [1.54, 1.807) is 23.0 Å². The quantitative estimate of drug-likeness (QED) is 0.501. The average Bonchev–Trinajstić information content (AvgIpc) is 3.36. The summed E-state index contributed by atoms with van der Waals surface area (Å²) in [4.78, 5) is 24.8. The Labute approximate surface area is 175 Å². The van der Waals surface area contributed by atoms with Gasteiger partial charge in [-0.2, -0.15) is 18.3 Å². The van der Waals surface area contributed by atoms with Crippen LogP contribution in [0.3, 0.4) is 0 Å². The van der Waals surface area contributed by atoms with Crippen molar-refractivity contribution >= 4 is 11.2 Å². The van der Waals surface area contributed by atoms with E-state index in [4.69, 9.17) is 0 Å². The minimum atomic E-state index is -4.39. The second kappa shape index (κ2) is 8.01. The molecular formula is C21H21F3N6O. The molecule has 4 rings (SSSR count). The Morgan fingerprint density at radius 3 is 2.68 bits per heavy atom. The summed E-state index contributed by atoms with van der Waals surface area (Å²) in [5.74, 6) is 1.11. The van der Waals surface area contributed by atoms with Crippen LogP contribution in [-0.4, -0.2) is 29.3 Å². The van der Waals surface area contributed by atoms with E-state index in [-0.39, 0.29) is 12.1 Å². The summed E-state index contributed by atoms with van der Waals surface area (Å²) in [6.07, 6.45) is 0.250. The van der Waals surface area contributed by atoms with Crippen LogP contribution >= 0.6 is 0 Å². The maximum absolute atomic E-state index is 12.9. The molecule has 1 N–H and O–H groups in total. The van der Waals surface area contributed by atoms with Crippen molar-refractivity contribution in [1.29, 1.82) is 0 Å². The van der Waals surface area contributed by atoms with Crippen molar-refractivity contribution < 1.29 is 13.2 Å². The summed E-state index contributed by atoms with van der Waals surface area (Å²) in [5.41, 5.74) is 0.894. The fraction of sp³-hybridized carbons (Fsp3) is 0.333. The molecule has 0 amide bonds. The van der Waals surface area contributed by atoms with E-state index >= 15 is 0 Å². The number of aryl methyl sites for hydroxylation is 1. The van der Waals surface area contributed by atoms with Gasteiger partial charge in [-0.3, -0.25) is 14.0 Å². The minimum absolute atomic E-state index is 0.168. The van der Waals surface area contributed by atoms with E-state index in [0.717, 1.165) is 18.6 Å². The van der Waals surface area contributed by atoms with E-state index < -0.39 is 11.7 Å². The Bertz CT molecular complexity index is 1280. The molecule has 0 spiro atoms. The number of benzene rings is 1. The first-order valence-corrected chi connectivity index (χ1v) is 9.98. The molecule has 0 bridgehead atoms. The number of halogens is 3. The molecule has 3 aromatic heterocycles. The fourth-order valence-electron chi connectivity index (χ4n) is 3.50. The summed E-state index contributed by atoms with van der Waals surface area (Å²) < 4.78 is 42.0. The summed E-state index contributed by atoms with van der Waals surface area (Å²) >= 11 is 0. The Hall–Kier alpha value is -3.43. The normalized spacial score (nSPS) is 12.0. The number of imidazole rings is 1. The van der Waals surface area contributed by atoms with Crippen LogP contribution in [0.5, 0.6) is 0 Å². The number of hydrogen-bond donors (Lipinski definition) is 1. The number of fused-ring (bicyclic) bond motifs is 1. The monoisotopic (exact) mass is 430 g/mol.